The van der Waals surface area contributed by atoms with Crippen LogP contribution in [-0.4, -0.2) is 28.6 Å². The lowest BCUT2D eigenvalue weighted by molar-refractivity contribution is -0.144. The molecule has 1 aromatic rings. The Morgan fingerprint density at radius 1 is 1.56 bits per heavy atom. The van der Waals surface area contributed by atoms with Gasteiger partial charge in [-0.05, 0) is 36.2 Å². The molecular formula is C14H21NO2S. The zero-order chi connectivity index (χ0) is 13.3. The third kappa shape index (κ3) is 2.45. The molecule has 0 bridgehead atoms. The number of carbonyl (C=O) groups is 1. The average molecular weight is 267 g/mol. The maximum atomic E-state index is 11.5. The Morgan fingerprint density at radius 3 is 2.78 bits per heavy atom. The Kier molecular flexibility index (Phi) is 4.07. The number of nitrogens with zero attached hydrogens (tertiary/aromatic N) is 1. The van der Waals surface area contributed by atoms with E-state index in [1.807, 2.05) is 13.0 Å². The lowest BCUT2D eigenvalue weighted by Gasteiger charge is -2.34. The van der Waals surface area contributed by atoms with Crippen LogP contribution in [0, 0.1) is 11.8 Å². The molecule has 1 aromatic heterocycles. The molecule has 3 atom stereocenters. The Labute approximate surface area is 112 Å². The summed E-state index contributed by atoms with van der Waals surface area (Å²) in [5.41, 5.74) is 0. The third-order valence-electron chi connectivity index (χ3n) is 3.82. The highest BCUT2D eigenvalue weighted by atomic mass is 32.1. The van der Waals surface area contributed by atoms with Gasteiger partial charge in [0.15, 0.2) is 0 Å². The minimum absolute atomic E-state index is 0.232. The summed E-state index contributed by atoms with van der Waals surface area (Å²) in [6.07, 6.45) is 0.978. The van der Waals surface area contributed by atoms with Gasteiger partial charge in [0.2, 0.25) is 0 Å². The Hall–Kier alpha value is -0.870. The van der Waals surface area contributed by atoms with Crippen LogP contribution >= 0.6 is 11.3 Å². The fourth-order valence-corrected chi connectivity index (χ4v) is 4.03. The van der Waals surface area contributed by atoms with Crippen molar-refractivity contribution in [2.24, 2.45) is 11.8 Å². The molecule has 3 nitrogen and oxygen atoms in total. The topological polar surface area (TPSA) is 40.5 Å². The van der Waals surface area contributed by atoms with Gasteiger partial charge in [-0.25, -0.2) is 0 Å². The van der Waals surface area contributed by atoms with E-state index in [2.05, 4.69) is 30.2 Å². The van der Waals surface area contributed by atoms with Crippen LogP contribution in [0.15, 0.2) is 17.5 Å². The van der Waals surface area contributed by atoms with Gasteiger partial charge in [0.05, 0.1) is 0 Å². The molecule has 0 saturated carbocycles. The van der Waals surface area contributed by atoms with Crippen molar-refractivity contribution in [1.82, 2.24) is 4.90 Å². The molecule has 1 fully saturated rings. The van der Waals surface area contributed by atoms with Crippen molar-refractivity contribution in [1.29, 1.82) is 0 Å². The summed E-state index contributed by atoms with van der Waals surface area (Å²) in [6, 6.07) is 4.07. The van der Waals surface area contributed by atoms with Crippen molar-refractivity contribution in [3.63, 3.8) is 0 Å². The second-order valence-electron chi connectivity index (χ2n) is 5.49. The smallest absolute Gasteiger partial charge is 0.321 e. The maximum absolute atomic E-state index is 11.5. The first-order valence-corrected chi connectivity index (χ1v) is 7.42. The van der Waals surface area contributed by atoms with Crippen LogP contribution < -0.4 is 0 Å². The van der Waals surface area contributed by atoms with Crippen LogP contribution in [0.2, 0.25) is 0 Å². The molecular weight excluding hydrogens is 246 g/mol. The molecule has 1 aliphatic heterocycles. The van der Waals surface area contributed by atoms with Gasteiger partial charge in [-0.3, -0.25) is 9.69 Å². The number of carboxylic acid groups (broad SMARTS) is 1. The van der Waals surface area contributed by atoms with E-state index in [9.17, 15) is 9.90 Å². The lowest BCUT2D eigenvalue weighted by atomic mass is 9.97. The molecule has 0 aliphatic carbocycles. The summed E-state index contributed by atoms with van der Waals surface area (Å²) < 4.78 is 0. The summed E-state index contributed by atoms with van der Waals surface area (Å²) in [7, 11) is 0. The van der Waals surface area contributed by atoms with Gasteiger partial charge in [0.1, 0.15) is 6.04 Å². The van der Waals surface area contributed by atoms with Crippen molar-refractivity contribution in [3.05, 3.63) is 22.4 Å². The molecule has 0 spiro atoms. The summed E-state index contributed by atoms with van der Waals surface area (Å²) in [6.45, 7) is 7.28. The van der Waals surface area contributed by atoms with Crippen LogP contribution in [0.4, 0.5) is 0 Å². The van der Waals surface area contributed by atoms with Crippen molar-refractivity contribution in [2.45, 2.75) is 39.3 Å². The highest BCUT2D eigenvalue weighted by Gasteiger charge is 2.41. The van der Waals surface area contributed by atoms with Gasteiger partial charge in [0.25, 0.3) is 0 Å². The van der Waals surface area contributed by atoms with E-state index in [1.165, 1.54) is 4.88 Å². The van der Waals surface area contributed by atoms with Gasteiger partial charge in [0, 0.05) is 10.9 Å². The first-order valence-electron chi connectivity index (χ1n) is 6.54. The highest BCUT2D eigenvalue weighted by molar-refractivity contribution is 7.10. The van der Waals surface area contributed by atoms with Crippen molar-refractivity contribution in [3.8, 4) is 0 Å². The number of thiophene rings is 1. The molecule has 2 heterocycles. The monoisotopic (exact) mass is 267 g/mol. The van der Waals surface area contributed by atoms with Crippen LogP contribution in [-0.2, 0) is 4.79 Å². The van der Waals surface area contributed by atoms with E-state index in [1.54, 1.807) is 11.3 Å². The Morgan fingerprint density at radius 2 is 2.28 bits per heavy atom. The Balaban J connectivity index is 2.29. The van der Waals surface area contributed by atoms with E-state index in [-0.39, 0.29) is 18.0 Å². The summed E-state index contributed by atoms with van der Waals surface area (Å²) in [5, 5.41) is 11.5. The molecule has 18 heavy (non-hydrogen) atoms. The summed E-state index contributed by atoms with van der Waals surface area (Å²) in [5.74, 6) is -0.0123. The zero-order valence-corrected chi connectivity index (χ0v) is 12.0. The zero-order valence-electron chi connectivity index (χ0n) is 11.2. The van der Waals surface area contributed by atoms with Crippen molar-refractivity contribution >= 4 is 17.3 Å². The predicted octanol–water partition coefficient (Wildman–Crippen LogP) is 3.24. The van der Waals surface area contributed by atoms with Gasteiger partial charge in [-0.1, -0.05) is 26.8 Å². The van der Waals surface area contributed by atoms with E-state index in [4.69, 9.17) is 0 Å². The third-order valence-corrected chi connectivity index (χ3v) is 4.76. The summed E-state index contributed by atoms with van der Waals surface area (Å²) >= 11 is 1.73. The van der Waals surface area contributed by atoms with E-state index < -0.39 is 5.97 Å². The number of rotatable bonds is 4. The molecule has 1 N–H and O–H groups in total. The van der Waals surface area contributed by atoms with Gasteiger partial charge in [-0.2, -0.15) is 0 Å². The molecule has 2 rings (SSSR count). The quantitative estimate of drug-likeness (QED) is 0.910. The van der Waals surface area contributed by atoms with Crippen LogP contribution in [0.25, 0.3) is 0 Å². The molecule has 0 radical (unpaired) electrons. The average Bonchev–Trinajstić information content (AvgIpc) is 2.88. The minimum Gasteiger partial charge on any atom is -0.480 e. The van der Waals surface area contributed by atoms with Crippen LogP contribution in [0.3, 0.4) is 0 Å². The first kappa shape index (κ1) is 13.6. The molecule has 4 heteroatoms. The predicted molar refractivity (Wildman–Crippen MR) is 73.8 cm³/mol. The van der Waals surface area contributed by atoms with Gasteiger partial charge in [-0.15, -0.1) is 11.3 Å². The molecule has 3 unspecified atom stereocenters. The second-order valence-corrected chi connectivity index (χ2v) is 6.47. The van der Waals surface area contributed by atoms with Crippen molar-refractivity contribution in [2.75, 3.05) is 6.54 Å². The molecule has 1 aliphatic rings. The SMILES string of the molecule is CC(C)C(c1cccs1)N1CCC(C)C1C(=O)O. The number of likely N-dealkylation sites (tertiary alicyclic amines) is 1. The molecule has 0 aromatic carbocycles. The molecule has 100 valence electrons. The fraction of sp³-hybridized carbons (Fsp3) is 0.643. The van der Waals surface area contributed by atoms with E-state index in [0.29, 0.717) is 5.92 Å². The molecule has 1 saturated heterocycles. The van der Waals surface area contributed by atoms with E-state index >= 15 is 0 Å². The van der Waals surface area contributed by atoms with Crippen LogP contribution in [0.1, 0.15) is 38.1 Å². The number of carboxylic acids is 1. The Bertz CT molecular complexity index is 402. The molecule has 0 amide bonds. The highest BCUT2D eigenvalue weighted by Crippen LogP contribution is 2.38. The van der Waals surface area contributed by atoms with Gasteiger partial charge >= 0.3 is 5.97 Å². The minimum atomic E-state index is -0.679. The van der Waals surface area contributed by atoms with E-state index in [0.717, 1.165) is 13.0 Å². The maximum Gasteiger partial charge on any atom is 0.321 e. The fourth-order valence-electron chi connectivity index (χ4n) is 3.01. The lowest BCUT2D eigenvalue weighted by Crippen LogP contribution is -2.42. The standard InChI is InChI=1S/C14H21NO2S/c1-9(2)12(11-5-4-8-18-11)15-7-6-10(3)13(15)14(16)17/h4-5,8-10,12-13H,6-7H2,1-3H3,(H,16,17). The first-order chi connectivity index (χ1) is 8.52. The normalized spacial score (nSPS) is 26.7. The number of hydrogen-bond acceptors (Lipinski definition) is 3. The summed E-state index contributed by atoms with van der Waals surface area (Å²) in [4.78, 5) is 14.9. The number of hydrogen-bond donors (Lipinski definition) is 1. The van der Waals surface area contributed by atoms with Crippen LogP contribution in [0.5, 0.6) is 0 Å². The van der Waals surface area contributed by atoms with Gasteiger partial charge < -0.3 is 5.11 Å². The second kappa shape index (κ2) is 5.41. The largest absolute Gasteiger partial charge is 0.480 e. The number of aliphatic carboxylic acids is 1. The van der Waals surface area contributed by atoms with Crippen molar-refractivity contribution < 1.29 is 9.90 Å².